The minimum Gasteiger partial charge on any atom is -0.325 e. The molecule has 0 radical (unpaired) electrons. The minimum atomic E-state index is -0.287. The lowest BCUT2D eigenvalue weighted by Crippen LogP contribution is -2.35. The fourth-order valence-corrected chi connectivity index (χ4v) is 5.16. The van der Waals surface area contributed by atoms with Gasteiger partial charge in [-0.15, -0.1) is 0 Å². The van der Waals surface area contributed by atoms with Crippen molar-refractivity contribution in [3.05, 3.63) is 28.2 Å². The topological polar surface area (TPSA) is 66.5 Å². The third-order valence-electron chi connectivity index (χ3n) is 5.79. The van der Waals surface area contributed by atoms with Crippen LogP contribution in [0, 0.1) is 23.7 Å². The lowest BCUT2D eigenvalue weighted by atomic mass is 9.81. The summed E-state index contributed by atoms with van der Waals surface area (Å²) in [7, 11) is 0. The van der Waals surface area contributed by atoms with Crippen LogP contribution in [0.25, 0.3) is 0 Å². The molecule has 1 heterocycles. The molecule has 3 amide bonds. The molecule has 4 rings (SSSR count). The summed E-state index contributed by atoms with van der Waals surface area (Å²) in [4.78, 5) is 38.6. The number of fused-ring (bicyclic) bond motifs is 5. The summed E-state index contributed by atoms with van der Waals surface area (Å²) in [6.45, 7) is 0.126. The van der Waals surface area contributed by atoms with Gasteiger partial charge in [-0.1, -0.05) is 23.2 Å². The van der Waals surface area contributed by atoms with Gasteiger partial charge in [0.2, 0.25) is 17.7 Å². The zero-order valence-corrected chi connectivity index (χ0v) is 15.0. The van der Waals surface area contributed by atoms with Crippen LogP contribution in [0.1, 0.15) is 25.7 Å². The first kappa shape index (κ1) is 16.9. The number of nitrogens with one attached hydrogen (secondary N) is 1. The molecule has 1 aliphatic heterocycles. The first-order chi connectivity index (χ1) is 12.0. The number of likely N-dealkylation sites (tertiary alicyclic amines) is 1. The summed E-state index contributed by atoms with van der Waals surface area (Å²) in [5.74, 6) is -0.0137. The Hall–Kier alpha value is -1.59. The largest absolute Gasteiger partial charge is 0.325 e. The van der Waals surface area contributed by atoms with Crippen LogP contribution in [0.2, 0.25) is 10.0 Å². The molecule has 0 aromatic heterocycles. The van der Waals surface area contributed by atoms with Gasteiger partial charge in [0.25, 0.3) is 0 Å². The third kappa shape index (κ3) is 2.83. The van der Waals surface area contributed by atoms with E-state index in [0.29, 0.717) is 27.6 Å². The molecule has 1 saturated heterocycles. The number of imide groups is 1. The van der Waals surface area contributed by atoms with Crippen molar-refractivity contribution in [2.45, 2.75) is 25.7 Å². The number of amides is 3. The van der Waals surface area contributed by atoms with Crippen molar-refractivity contribution >= 4 is 46.6 Å². The molecule has 2 bridgehead atoms. The molecule has 2 aliphatic carbocycles. The predicted octanol–water partition coefficient (Wildman–Crippen LogP) is 3.35. The number of carbonyl (C=O) groups excluding carboxylic acids is 3. The Kier molecular flexibility index (Phi) is 4.24. The van der Waals surface area contributed by atoms with Crippen LogP contribution in [0.4, 0.5) is 5.69 Å². The Morgan fingerprint density at radius 1 is 1.12 bits per heavy atom. The number of anilines is 1. The molecule has 5 nitrogen and oxygen atoms in total. The van der Waals surface area contributed by atoms with Crippen molar-refractivity contribution < 1.29 is 14.4 Å². The molecule has 3 fully saturated rings. The third-order valence-corrected chi connectivity index (χ3v) is 6.33. The normalized spacial score (nSPS) is 30.1. The highest BCUT2D eigenvalue weighted by molar-refractivity contribution is 6.36. The van der Waals surface area contributed by atoms with Gasteiger partial charge in [-0.05, 0) is 49.3 Å². The van der Waals surface area contributed by atoms with E-state index in [-0.39, 0.29) is 42.5 Å². The van der Waals surface area contributed by atoms with E-state index in [0.717, 1.165) is 19.3 Å². The molecule has 3 aliphatic rings. The van der Waals surface area contributed by atoms with Crippen molar-refractivity contribution in [2.75, 3.05) is 11.9 Å². The summed E-state index contributed by atoms with van der Waals surface area (Å²) >= 11 is 11.9. The molecular formula is C18H18Cl2N2O3. The van der Waals surface area contributed by atoms with Crippen molar-refractivity contribution in [1.82, 2.24) is 4.90 Å². The number of hydrogen-bond acceptors (Lipinski definition) is 3. The number of nitrogens with zero attached hydrogens (tertiary/aromatic N) is 1. The summed E-state index contributed by atoms with van der Waals surface area (Å²) in [6.07, 6.45) is 3.17. The van der Waals surface area contributed by atoms with Gasteiger partial charge in [-0.25, -0.2) is 0 Å². The van der Waals surface area contributed by atoms with Crippen LogP contribution in [0.15, 0.2) is 18.2 Å². The van der Waals surface area contributed by atoms with Crippen LogP contribution < -0.4 is 5.32 Å². The van der Waals surface area contributed by atoms with Gasteiger partial charge >= 0.3 is 0 Å². The van der Waals surface area contributed by atoms with Gasteiger partial charge in [0, 0.05) is 18.0 Å². The van der Waals surface area contributed by atoms with Gasteiger partial charge in [-0.2, -0.15) is 0 Å². The molecule has 0 spiro atoms. The molecule has 132 valence electrons. The van der Waals surface area contributed by atoms with Crippen molar-refractivity contribution in [1.29, 1.82) is 0 Å². The Bertz CT molecular complexity index is 739. The zero-order valence-electron chi connectivity index (χ0n) is 13.5. The highest BCUT2D eigenvalue weighted by atomic mass is 35.5. The van der Waals surface area contributed by atoms with Crippen LogP contribution in [0.3, 0.4) is 0 Å². The average Bonchev–Trinajstić information content (AvgIpc) is 3.23. The standard InChI is InChI=1S/C18H18Cl2N2O3/c19-11-3-4-13(12(20)8-11)21-14(23)5-6-22-17(24)15-9-1-2-10(7-9)16(15)18(22)25/h3-4,8-10,15-16H,1-2,5-7H2,(H,21,23)/t9-,10-,15+,16+/m0/s1. The highest BCUT2D eigenvalue weighted by Crippen LogP contribution is 2.56. The number of carbonyl (C=O) groups is 3. The number of benzene rings is 1. The van der Waals surface area contributed by atoms with E-state index >= 15 is 0 Å². The number of rotatable bonds is 4. The second-order valence-corrected chi connectivity index (χ2v) is 7.98. The first-order valence-corrected chi connectivity index (χ1v) is 9.31. The van der Waals surface area contributed by atoms with Crippen molar-refractivity contribution in [3.63, 3.8) is 0 Å². The maximum Gasteiger partial charge on any atom is 0.233 e. The van der Waals surface area contributed by atoms with Gasteiger partial charge in [0.15, 0.2) is 0 Å². The van der Waals surface area contributed by atoms with Gasteiger partial charge in [0.1, 0.15) is 0 Å². The Morgan fingerprint density at radius 3 is 2.36 bits per heavy atom. The maximum absolute atomic E-state index is 12.6. The monoisotopic (exact) mass is 380 g/mol. The lowest BCUT2D eigenvalue weighted by molar-refractivity contribution is -0.140. The Balaban J connectivity index is 1.37. The van der Waals surface area contributed by atoms with E-state index in [2.05, 4.69) is 5.32 Å². The molecule has 1 N–H and O–H groups in total. The summed E-state index contributed by atoms with van der Waals surface area (Å²) < 4.78 is 0. The SMILES string of the molecule is O=C(CCN1C(=O)[C@@H]2[C@H]3CC[C@@H](C3)[C@H]2C1=O)Nc1ccc(Cl)cc1Cl. The van der Waals surface area contributed by atoms with Crippen LogP contribution >= 0.6 is 23.2 Å². The predicted molar refractivity (Wildman–Crippen MR) is 94.2 cm³/mol. The minimum absolute atomic E-state index is 0.0607. The van der Waals surface area contributed by atoms with Crippen LogP contribution in [-0.2, 0) is 14.4 Å². The number of halogens is 2. The fourth-order valence-electron chi connectivity index (χ4n) is 4.71. The molecule has 0 unspecified atom stereocenters. The second kappa shape index (κ2) is 6.29. The fraction of sp³-hybridized carbons (Fsp3) is 0.500. The van der Waals surface area contributed by atoms with Crippen molar-refractivity contribution in [3.8, 4) is 0 Å². The maximum atomic E-state index is 12.6. The molecule has 1 aromatic rings. The Labute approximate surface area is 155 Å². The molecule has 4 atom stereocenters. The molecular weight excluding hydrogens is 363 g/mol. The zero-order chi connectivity index (χ0) is 17.7. The summed E-state index contributed by atoms with van der Waals surface area (Å²) in [5, 5.41) is 3.52. The molecule has 2 saturated carbocycles. The van der Waals surface area contributed by atoms with Gasteiger partial charge in [0.05, 0.1) is 22.5 Å². The quantitative estimate of drug-likeness (QED) is 0.814. The van der Waals surface area contributed by atoms with Crippen molar-refractivity contribution in [2.24, 2.45) is 23.7 Å². The highest BCUT2D eigenvalue weighted by Gasteiger charge is 2.60. The first-order valence-electron chi connectivity index (χ1n) is 8.56. The second-order valence-electron chi connectivity index (χ2n) is 7.14. The number of hydrogen-bond donors (Lipinski definition) is 1. The van der Waals surface area contributed by atoms with E-state index in [4.69, 9.17) is 23.2 Å². The van der Waals surface area contributed by atoms with E-state index in [1.807, 2.05) is 0 Å². The molecule has 25 heavy (non-hydrogen) atoms. The van der Waals surface area contributed by atoms with Gasteiger partial charge < -0.3 is 5.32 Å². The summed E-state index contributed by atoms with van der Waals surface area (Å²) in [5.41, 5.74) is 0.463. The van der Waals surface area contributed by atoms with E-state index in [1.165, 1.54) is 4.90 Å². The van der Waals surface area contributed by atoms with E-state index < -0.39 is 0 Å². The Morgan fingerprint density at radius 2 is 1.76 bits per heavy atom. The smallest absolute Gasteiger partial charge is 0.233 e. The van der Waals surface area contributed by atoms with Crippen LogP contribution in [-0.4, -0.2) is 29.2 Å². The molecule has 7 heteroatoms. The summed E-state index contributed by atoms with van der Waals surface area (Å²) in [6, 6.07) is 4.80. The van der Waals surface area contributed by atoms with E-state index in [1.54, 1.807) is 18.2 Å². The van der Waals surface area contributed by atoms with Gasteiger partial charge in [-0.3, -0.25) is 19.3 Å². The lowest BCUT2D eigenvalue weighted by Gasteiger charge is -2.19. The van der Waals surface area contributed by atoms with Crippen LogP contribution in [0.5, 0.6) is 0 Å². The van der Waals surface area contributed by atoms with E-state index in [9.17, 15) is 14.4 Å². The molecule has 1 aromatic carbocycles. The average molecular weight is 381 g/mol.